The Morgan fingerprint density at radius 2 is 1.61 bits per heavy atom. The normalized spacial score (nSPS) is 15.2. The highest BCUT2D eigenvalue weighted by Gasteiger charge is 2.25. The largest absolute Gasteiger partial charge is 0.378 e. The molecule has 0 unspecified atom stereocenters. The molecule has 2 aromatic heterocycles. The zero-order chi connectivity index (χ0) is 25.3. The Morgan fingerprint density at radius 1 is 0.917 bits per heavy atom. The quantitative estimate of drug-likeness (QED) is 0.293. The average Bonchev–Trinajstić information content (AvgIpc) is 3.22. The Kier molecular flexibility index (Phi) is 6.51. The molecule has 0 bridgehead atoms. The van der Waals surface area contributed by atoms with Crippen molar-refractivity contribution in [2.24, 2.45) is 0 Å². The third-order valence-corrected chi connectivity index (χ3v) is 8.08. The van der Waals surface area contributed by atoms with E-state index in [1.54, 1.807) is 24.3 Å². The van der Waals surface area contributed by atoms with Crippen LogP contribution < -0.4 is 9.50 Å². The van der Waals surface area contributed by atoms with Gasteiger partial charge in [-0.2, -0.15) is 8.42 Å². The number of nitrogens with one attached hydrogen (secondary N) is 1. The van der Waals surface area contributed by atoms with Gasteiger partial charge in [-0.1, -0.05) is 70.4 Å². The number of rotatable bonds is 6. The highest BCUT2D eigenvalue weighted by atomic mass is 32.2. The number of fused-ring (bicyclic) bond motifs is 1. The van der Waals surface area contributed by atoms with E-state index in [4.69, 9.17) is 9.17 Å². The van der Waals surface area contributed by atoms with Crippen molar-refractivity contribution >= 4 is 21.6 Å². The molecule has 1 fully saturated rings. The van der Waals surface area contributed by atoms with E-state index >= 15 is 0 Å². The molecule has 0 aliphatic heterocycles. The van der Waals surface area contributed by atoms with Crippen LogP contribution in [-0.4, -0.2) is 23.8 Å². The third-order valence-electron chi connectivity index (χ3n) is 6.83. The summed E-state index contributed by atoms with van der Waals surface area (Å²) in [4.78, 5) is 5.00. The topological polar surface area (TPSA) is 72.7 Å². The summed E-state index contributed by atoms with van der Waals surface area (Å²) >= 11 is 0. The van der Waals surface area contributed by atoms with Gasteiger partial charge in [0.1, 0.15) is 22.1 Å². The van der Waals surface area contributed by atoms with Gasteiger partial charge in [0.2, 0.25) is 0 Å². The van der Waals surface area contributed by atoms with Crippen LogP contribution in [0.5, 0.6) is 5.75 Å². The lowest BCUT2D eigenvalue weighted by atomic mass is 9.87. The van der Waals surface area contributed by atoms with Gasteiger partial charge in [-0.05, 0) is 60.2 Å². The van der Waals surface area contributed by atoms with E-state index in [2.05, 4.69) is 26.1 Å². The van der Waals surface area contributed by atoms with Crippen molar-refractivity contribution in [1.82, 2.24) is 9.38 Å². The van der Waals surface area contributed by atoms with Crippen molar-refractivity contribution in [1.29, 1.82) is 0 Å². The van der Waals surface area contributed by atoms with E-state index in [1.165, 1.54) is 19.3 Å². The van der Waals surface area contributed by atoms with Crippen LogP contribution in [0.1, 0.15) is 58.4 Å². The molecule has 2 aromatic carbocycles. The zero-order valence-corrected chi connectivity index (χ0v) is 21.9. The fraction of sp³-hybridized carbons (Fsp3) is 0.345. The van der Waals surface area contributed by atoms with Gasteiger partial charge in [0.05, 0.1) is 0 Å². The van der Waals surface area contributed by atoms with Gasteiger partial charge in [0.25, 0.3) is 0 Å². The lowest BCUT2D eigenvalue weighted by Gasteiger charge is -2.24. The number of para-hydroxylation sites is 1. The van der Waals surface area contributed by atoms with Gasteiger partial charge in [0.15, 0.2) is 5.75 Å². The number of hydrogen-bond donors (Lipinski definition) is 1. The first-order valence-corrected chi connectivity index (χ1v) is 14.0. The van der Waals surface area contributed by atoms with Crippen molar-refractivity contribution < 1.29 is 12.6 Å². The van der Waals surface area contributed by atoms with E-state index in [0.717, 1.165) is 29.9 Å². The fourth-order valence-corrected chi connectivity index (χ4v) is 5.73. The number of pyridine rings is 1. The van der Waals surface area contributed by atoms with Gasteiger partial charge in [-0.25, -0.2) is 4.98 Å². The van der Waals surface area contributed by atoms with E-state index in [-0.39, 0.29) is 16.1 Å². The maximum Gasteiger partial charge on any atom is 0.339 e. The summed E-state index contributed by atoms with van der Waals surface area (Å²) in [5.74, 6) is 1.12. The molecule has 1 aliphatic rings. The molecule has 4 aromatic rings. The SMILES string of the molecule is CC(C)(C)c1ccc(S(=O)(=O)Oc2ccccc2-c2nc3ccccn3c2NC2CCCCC2)cc1. The fourth-order valence-electron chi connectivity index (χ4n) is 4.78. The van der Waals surface area contributed by atoms with E-state index in [0.29, 0.717) is 17.3 Å². The molecule has 1 N–H and O–H groups in total. The van der Waals surface area contributed by atoms with Crippen LogP contribution in [-0.2, 0) is 15.5 Å². The van der Waals surface area contributed by atoms with E-state index in [9.17, 15) is 8.42 Å². The van der Waals surface area contributed by atoms with Crippen LogP contribution in [0.15, 0.2) is 77.8 Å². The van der Waals surface area contributed by atoms with Gasteiger partial charge in [-0.15, -0.1) is 0 Å². The van der Waals surface area contributed by atoms with Crippen molar-refractivity contribution in [3.8, 4) is 17.0 Å². The first kappa shape index (κ1) is 24.4. The minimum atomic E-state index is -4.03. The molecule has 188 valence electrons. The molecule has 5 rings (SSSR count). The Hall–Kier alpha value is -3.32. The van der Waals surface area contributed by atoms with Crippen molar-refractivity contribution in [2.75, 3.05) is 5.32 Å². The zero-order valence-electron chi connectivity index (χ0n) is 21.1. The molecule has 1 saturated carbocycles. The number of imidazole rings is 1. The molecule has 7 heteroatoms. The molecule has 0 spiro atoms. The first-order chi connectivity index (χ1) is 17.2. The molecule has 0 amide bonds. The molecule has 1 aliphatic carbocycles. The molecule has 2 heterocycles. The summed E-state index contributed by atoms with van der Waals surface area (Å²) in [6.07, 6.45) is 7.87. The monoisotopic (exact) mass is 503 g/mol. The maximum atomic E-state index is 13.3. The smallest absolute Gasteiger partial charge is 0.339 e. The van der Waals surface area contributed by atoms with Crippen LogP contribution in [0.4, 0.5) is 5.82 Å². The Balaban J connectivity index is 1.53. The van der Waals surface area contributed by atoms with Gasteiger partial charge >= 0.3 is 10.1 Å². The van der Waals surface area contributed by atoms with Crippen LogP contribution in [0.2, 0.25) is 0 Å². The van der Waals surface area contributed by atoms with Crippen LogP contribution >= 0.6 is 0 Å². The third kappa shape index (κ3) is 4.98. The second-order valence-corrected chi connectivity index (χ2v) is 12.1. The van der Waals surface area contributed by atoms with Crippen molar-refractivity contribution in [3.63, 3.8) is 0 Å². The van der Waals surface area contributed by atoms with Gasteiger partial charge < -0.3 is 9.50 Å². The predicted octanol–water partition coefficient (Wildman–Crippen LogP) is 6.81. The van der Waals surface area contributed by atoms with Crippen molar-refractivity contribution in [2.45, 2.75) is 69.2 Å². The molecule has 0 saturated heterocycles. The molecular formula is C29H33N3O3S. The summed E-state index contributed by atoms with van der Waals surface area (Å²) in [5, 5.41) is 3.71. The number of benzene rings is 2. The standard InChI is InChI=1S/C29H33N3O3S/c1-29(2,3)21-16-18-23(19-17-21)36(33,34)35-25-14-8-7-13-24(25)27-28(30-22-11-5-4-6-12-22)32-20-10-9-15-26(32)31-27/h7-10,13-20,22,30H,4-6,11-12H2,1-3H3. The van der Waals surface area contributed by atoms with Gasteiger partial charge in [-0.3, -0.25) is 4.40 Å². The summed E-state index contributed by atoms with van der Waals surface area (Å²) in [6, 6.07) is 20.3. The number of anilines is 1. The maximum absolute atomic E-state index is 13.3. The molecule has 0 radical (unpaired) electrons. The van der Waals surface area contributed by atoms with Crippen LogP contribution in [0.3, 0.4) is 0 Å². The Bertz CT molecular complexity index is 1460. The first-order valence-electron chi connectivity index (χ1n) is 12.6. The van der Waals surface area contributed by atoms with E-state index < -0.39 is 10.1 Å². The lowest BCUT2D eigenvalue weighted by molar-refractivity contribution is 0.461. The highest BCUT2D eigenvalue weighted by Crippen LogP contribution is 2.37. The van der Waals surface area contributed by atoms with Gasteiger partial charge in [0, 0.05) is 17.8 Å². The molecule has 36 heavy (non-hydrogen) atoms. The Labute approximate surface area is 213 Å². The highest BCUT2D eigenvalue weighted by molar-refractivity contribution is 7.87. The summed E-state index contributed by atoms with van der Waals surface area (Å²) < 4.78 is 34.3. The predicted molar refractivity (Wildman–Crippen MR) is 144 cm³/mol. The minimum Gasteiger partial charge on any atom is -0.378 e. The Morgan fingerprint density at radius 3 is 2.33 bits per heavy atom. The molecular weight excluding hydrogens is 470 g/mol. The van der Waals surface area contributed by atoms with Crippen LogP contribution in [0.25, 0.3) is 16.9 Å². The van der Waals surface area contributed by atoms with Crippen LogP contribution in [0, 0.1) is 0 Å². The number of aromatic nitrogens is 2. The minimum absolute atomic E-state index is 0.0688. The van der Waals surface area contributed by atoms with Crippen molar-refractivity contribution in [3.05, 3.63) is 78.5 Å². The molecule has 6 nitrogen and oxygen atoms in total. The second kappa shape index (κ2) is 9.62. The summed E-state index contributed by atoms with van der Waals surface area (Å²) in [6.45, 7) is 6.28. The van der Waals surface area contributed by atoms with E-state index in [1.807, 2.05) is 53.1 Å². The summed E-state index contributed by atoms with van der Waals surface area (Å²) in [5.41, 5.74) is 3.10. The lowest BCUT2D eigenvalue weighted by Crippen LogP contribution is -2.23. The second-order valence-electron chi connectivity index (χ2n) is 10.5. The average molecular weight is 504 g/mol. The number of hydrogen-bond acceptors (Lipinski definition) is 5. The molecule has 0 atom stereocenters. The summed E-state index contributed by atoms with van der Waals surface area (Å²) in [7, 11) is -4.03. The number of nitrogens with zero attached hydrogens (tertiary/aromatic N) is 2.